The zero-order valence-corrected chi connectivity index (χ0v) is 17.2. The number of hydrogen-bond acceptors (Lipinski definition) is 4. The number of para-hydroxylation sites is 2. The van der Waals surface area contributed by atoms with E-state index in [0.717, 1.165) is 34.8 Å². The van der Waals surface area contributed by atoms with E-state index in [0.29, 0.717) is 0 Å². The molecule has 4 aromatic rings. The third-order valence-electron chi connectivity index (χ3n) is 6.19. The van der Waals surface area contributed by atoms with Crippen molar-refractivity contribution in [1.82, 2.24) is 5.01 Å². The van der Waals surface area contributed by atoms with Gasteiger partial charge in [0.15, 0.2) is 0 Å². The largest absolute Gasteiger partial charge is 0.496 e. The summed E-state index contributed by atoms with van der Waals surface area (Å²) >= 11 is 0. The SMILES string of the molecule is COc1ccccc1[C@@H]1Oc2ccccc2[C@@H]2CC(c3ccc4ccccc4c3)=NN21. The zero-order chi connectivity index (χ0) is 20.8. The van der Waals surface area contributed by atoms with Gasteiger partial charge in [0.1, 0.15) is 11.5 Å². The molecule has 2 heterocycles. The Bertz CT molecular complexity index is 1310. The number of benzene rings is 4. The first-order valence-electron chi connectivity index (χ1n) is 10.6. The molecule has 2 aliphatic rings. The Balaban J connectivity index is 1.46. The van der Waals surface area contributed by atoms with Gasteiger partial charge in [-0.15, -0.1) is 0 Å². The molecule has 2 atom stereocenters. The molecule has 0 radical (unpaired) electrons. The van der Waals surface area contributed by atoms with Crippen LogP contribution in [0.4, 0.5) is 0 Å². The van der Waals surface area contributed by atoms with E-state index >= 15 is 0 Å². The molecular weight excluding hydrogens is 384 g/mol. The van der Waals surface area contributed by atoms with E-state index in [4.69, 9.17) is 14.6 Å². The molecule has 4 heteroatoms. The van der Waals surface area contributed by atoms with Gasteiger partial charge in [0, 0.05) is 12.0 Å². The minimum Gasteiger partial charge on any atom is -0.496 e. The van der Waals surface area contributed by atoms with E-state index in [-0.39, 0.29) is 12.3 Å². The van der Waals surface area contributed by atoms with Crippen LogP contribution in [-0.2, 0) is 0 Å². The van der Waals surface area contributed by atoms with Crippen molar-refractivity contribution in [3.63, 3.8) is 0 Å². The number of ether oxygens (including phenoxy) is 2. The Morgan fingerprint density at radius 3 is 2.45 bits per heavy atom. The van der Waals surface area contributed by atoms with Crippen molar-refractivity contribution in [1.29, 1.82) is 0 Å². The molecule has 0 saturated heterocycles. The monoisotopic (exact) mass is 406 g/mol. The summed E-state index contributed by atoms with van der Waals surface area (Å²) in [6.45, 7) is 0. The molecule has 0 N–H and O–H groups in total. The minimum atomic E-state index is -0.339. The molecule has 0 saturated carbocycles. The molecule has 4 aromatic carbocycles. The van der Waals surface area contributed by atoms with Gasteiger partial charge in [-0.25, -0.2) is 5.01 Å². The molecule has 0 amide bonds. The van der Waals surface area contributed by atoms with Gasteiger partial charge < -0.3 is 9.47 Å². The van der Waals surface area contributed by atoms with Crippen molar-refractivity contribution in [3.05, 3.63) is 108 Å². The second-order valence-electron chi connectivity index (χ2n) is 7.96. The van der Waals surface area contributed by atoms with Gasteiger partial charge in [-0.3, -0.25) is 0 Å². The van der Waals surface area contributed by atoms with Gasteiger partial charge in [0.2, 0.25) is 6.23 Å². The van der Waals surface area contributed by atoms with Crippen molar-refractivity contribution < 1.29 is 9.47 Å². The van der Waals surface area contributed by atoms with Gasteiger partial charge in [-0.2, -0.15) is 5.10 Å². The maximum atomic E-state index is 6.47. The predicted molar refractivity (Wildman–Crippen MR) is 122 cm³/mol. The van der Waals surface area contributed by atoms with Crippen molar-refractivity contribution in [2.45, 2.75) is 18.7 Å². The smallest absolute Gasteiger partial charge is 0.217 e. The lowest BCUT2D eigenvalue weighted by molar-refractivity contribution is -0.0203. The second-order valence-corrected chi connectivity index (χ2v) is 7.96. The fraction of sp³-hybridized carbons (Fsp3) is 0.148. The van der Waals surface area contributed by atoms with Crippen molar-refractivity contribution in [3.8, 4) is 11.5 Å². The molecule has 0 fully saturated rings. The molecule has 0 aromatic heterocycles. The van der Waals surface area contributed by atoms with Crippen LogP contribution in [-0.4, -0.2) is 17.8 Å². The number of hydrogen-bond donors (Lipinski definition) is 0. The highest BCUT2D eigenvalue weighted by molar-refractivity contribution is 6.04. The van der Waals surface area contributed by atoms with E-state index in [9.17, 15) is 0 Å². The predicted octanol–water partition coefficient (Wildman–Crippen LogP) is 6.09. The van der Waals surface area contributed by atoms with Crippen LogP contribution in [0.2, 0.25) is 0 Å². The van der Waals surface area contributed by atoms with E-state index in [1.807, 2.05) is 30.3 Å². The fourth-order valence-corrected chi connectivity index (χ4v) is 4.65. The highest BCUT2D eigenvalue weighted by Gasteiger charge is 2.41. The summed E-state index contributed by atoms with van der Waals surface area (Å²) in [6, 6.07) is 31.4. The third kappa shape index (κ3) is 2.95. The first-order valence-corrected chi connectivity index (χ1v) is 10.6. The Kier molecular flexibility index (Phi) is 4.17. The summed E-state index contributed by atoms with van der Waals surface area (Å²) in [5.74, 6) is 1.72. The molecule has 6 rings (SSSR count). The van der Waals surface area contributed by atoms with Gasteiger partial charge in [0.05, 0.1) is 24.4 Å². The lowest BCUT2D eigenvalue weighted by Gasteiger charge is -2.38. The zero-order valence-electron chi connectivity index (χ0n) is 17.2. The molecule has 0 spiro atoms. The molecular formula is C27H22N2O2. The molecule has 0 unspecified atom stereocenters. The lowest BCUT2D eigenvalue weighted by Crippen LogP contribution is -2.33. The molecule has 152 valence electrons. The van der Waals surface area contributed by atoms with Gasteiger partial charge in [0.25, 0.3) is 0 Å². The normalized spacial score (nSPS) is 19.4. The summed E-state index contributed by atoms with van der Waals surface area (Å²) < 4.78 is 12.1. The van der Waals surface area contributed by atoms with E-state index < -0.39 is 0 Å². The summed E-state index contributed by atoms with van der Waals surface area (Å²) in [5.41, 5.74) is 4.39. The first-order chi connectivity index (χ1) is 15.3. The highest BCUT2D eigenvalue weighted by Crippen LogP contribution is 2.48. The fourth-order valence-electron chi connectivity index (χ4n) is 4.65. The van der Waals surface area contributed by atoms with Gasteiger partial charge in [-0.1, -0.05) is 66.7 Å². The molecule has 4 nitrogen and oxygen atoms in total. The molecule has 0 aliphatic carbocycles. The quantitative estimate of drug-likeness (QED) is 0.413. The number of nitrogens with zero attached hydrogens (tertiary/aromatic N) is 2. The van der Waals surface area contributed by atoms with E-state index in [2.05, 4.69) is 65.7 Å². The van der Waals surface area contributed by atoms with Crippen LogP contribution < -0.4 is 9.47 Å². The molecule has 31 heavy (non-hydrogen) atoms. The van der Waals surface area contributed by atoms with Crippen LogP contribution in [0.1, 0.15) is 35.4 Å². The Morgan fingerprint density at radius 2 is 1.58 bits per heavy atom. The van der Waals surface area contributed by atoms with E-state index in [1.165, 1.54) is 16.3 Å². The van der Waals surface area contributed by atoms with Crippen LogP contribution in [0.3, 0.4) is 0 Å². The first kappa shape index (κ1) is 18.0. The standard InChI is InChI=1S/C27H22N2O2/c1-30-25-12-6-5-11-22(25)27-29-24(21-10-4-7-13-26(21)31-27)17-23(28-29)20-15-14-18-8-2-3-9-19(18)16-20/h2-16,24,27H,17H2,1H3/t24-,27-/m0/s1. The summed E-state index contributed by atoms with van der Waals surface area (Å²) in [4.78, 5) is 0. The van der Waals surface area contributed by atoms with E-state index in [1.54, 1.807) is 7.11 Å². The number of rotatable bonds is 3. The molecule has 0 bridgehead atoms. The lowest BCUT2D eigenvalue weighted by atomic mass is 9.95. The highest BCUT2D eigenvalue weighted by atomic mass is 16.5. The van der Waals surface area contributed by atoms with Crippen LogP contribution >= 0.6 is 0 Å². The van der Waals surface area contributed by atoms with Crippen LogP contribution in [0.25, 0.3) is 10.8 Å². The van der Waals surface area contributed by atoms with Gasteiger partial charge in [-0.05, 0) is 40.6 Å². The average Bonchev–Trinajstić information content (AvgIpc) is 3.29. The second kappa shape index (κ2) is 7.17. The van der Waals surface area contributed by atoms with Crippen molar-refractivity contribution in [2.75, 3.05) is 7.11 Å². The van der Waals surface area contributed by atoms with Crippen LogP contribution in [0.15, 0.2) is 96.1 Å². The van der Waals surface area contributed by atoms with Crippen molar-refractivity contribution in [2.24, 2.45) is 5.10 Å². The minimum absolute atomic E-state index is 0.126. The Morgan fingerprint density at radius 1 is 0.839 bits per heavy atom. The number of fused-ring (bicyclic) bond motifs is 4. The average molecular weight is 406 g/mol. The topological polar surface area (TPSA) is 34.1 Å². The summed E-state index contributed by atoms with van der Waals surface area (Å²) in [6.07, 6.45) is 0.499. The third-order valence-corrected chi connectivity index (χ3v) is 6.19. The number of methoxy groups -OCH3 is 1. The summed E-state index contributed by atoms with van der Waals surface area (Å²) in [5, 5.41) is 9.66. The molecule has 2 aliphatic heterocycles. The van der Waals surface area contributed by atoms with Crippen LogP contribution in [0, 0.1) is 0 Å². The van der Waals surface area contributed by atoms with Crippen molar-refractivity contribution >= 4 is 16.5 Å². The van der Waals surface area contributed by atoms with Gasteiger partial charge >= 0.3 is 0 Å². The Labute approximate surface area is 181 Å². The summed E-state index contributed by atoms with van der Waals surface area (Å²) in [7, 11) is 1.70. The maximum absolute atomic E-state index is 6.47. The Hall–Kier alpha value is -3.79. The maximum Gasteiger partial charge on any atom is 0.217 e. The number of hydrazone groups is 1. The van der Waals surface area contributed by atoms with Crippen LogP contribution in [0.5, 0.6) is 11.5 Å².